The number of thioether (sulfide) groups is 1. The molecule has 0 aliphatic heterocycles. The number of rotatable bonds is 2. The van der Waals surface area contributed by atoms with E-state index in [9.17, 15) is 5.11 Å². The Hall–Kier alpha value is -1.61. The van der Waals surface area contributed by atoms with Gasteiger partial charge in [-0.05, 0) is 30.0 Å². The van der Waals surface area contributed by atoms with Gasteiger partial charge in [0.2, 0.25) is 0 Å². The number of benzene rings is 2. The lowest BCUT2D eigenvalue weighted by Gasteiger charge is -2.09. The molecule has 0 aliphatic rings. The minimum Gasteiger partial charge on any atom is -0.507 e. The van der Waals surface area contributed by atoms with Crippen LogP contribution in [0.5, 0.6) is 5.75 Å². The molecule has 0 bridgehead atoms. The van der Waals surface area contributed by atoms with E-state index in [1.807, 2.05) is 36.6 Å². The van der Waals surface area contributed by atoms with Crippen LogP contribution in [0.2, 0.25) is 0 Å². The zero-order valence-corrected chi connectivity index (χ0v) is 9.79. The van der Waals surface area contributed by atoms with Gasteiger partial charge in [0.05, 0.1) is 0 Å². The summed E-state index contributed by atoms with van der Waals surface area (Å²) in [4.78, 5) is 1.14. The Kier molecular flexibility index (Phi) is 3.06. The number of hydrogen-bond donors (Lipinski definition) is 2. The van der Waals surface area contributed by atoms with E-state index >= 15 is 0 Å². The highest BCUT2D eigenvalue weighted by Crippen LogP contribution is 2.36. The maximum Gasteiger partial charge on any atom is 0.125 e. The first kappa shape index (κ1) is 10.9. The summed E-state index contributed by atoms with van der Waals surface area (Å²) in [7, 11) is 0. The van der Waals surface area contributed by atoms with Gasteiger partial charge >= 0.3 is 0 Å². The van der Waals surface area contributed by atoms with Crippen molar-refractivity contribution in [1.82, 2.24) is 0 Å². The number of phenols is 1. The van der Waals surface area contributed by atoms with Crippen LogP contribution in [-0.4, -0.2) is 11.4 Å². The standard InChI is InChI=1S/C13H13NOS/c1-16-13-5-3-2-4-11(13)10-7-6-9(14)8-12(10)15/h2-8,15H,14H2,1H3. The minimum absolute atomic E-state index is 0.224. The topological polar surface area (TPSA) is 46.2 Å². The molecule has 16 heavy (non-hydrogen) atoms. The second kappa shape index (κ2) is 4.49. The molecule has 0 heterocycles. The highest BCUT2D eigenvalue weighted by atomic mass is 32.2. The van der Waals surface area contributed by atoms with E-state index < -0.39 is 0 Å². The monoisotopic (exact) mass is 231 g/mol. The predicted molar refractivity (Wildman–Crippen MR) is 69.7 cm³/mol. The number of hydrogen-bond acceptors (Lipinski definition) is 3. The third kappa shape index (κ3) is 1.99. The van der Waals surface area contributed by atoms with Crippen LogP contribution in [0.4, 0.5) is 5.69 Å². The summed E-state index contributed by atoms with van der Waals surface area (Å²) in [5, 5.41) is 9.88. The van der Waals surface area contributed by atoms with Crippen LogP contribution >= 0.6 is 11.8 Å². The molecule has 0 atom stereocenters. The van der Waals surface area contributed by atoms with Crippen molar-refractivity contribution in [2.75, 3.05) is 12.0 Å². The smallest absolute Gasteiger partial charge is 0.125 e. The third-order valence-corrected chi connectivity index (χ3v) is 3.21. The molecule has 0 aliphatic carbocycles. The average molecular weight is 231 g/mol. The molecule has 0 saturated carbocycles. The Morgan fingerprint density at radius 2 is 1.81 bits per heavy atom. The molecule has 0 aromatic heterocycles. The van der Waals surface area contributed by atoms with E-state index in [0.29, 0.717) is 5.69 Å². The molecule has 2 aromatic rings. The zero-order valence-electron chi connectivity index (χ0n) is 8.97. The maximum absolute atomic E-state index is 9.88. The summed E-state index contributed by atoms with van der Waals surface area (Å²) in [6.45, 7) is 0. The second-order valence-corrected chi connectivity index (χ2v) is 4.32. The van der Waals surface area contributed by atoms with E-state index in [4.69, 9.17) is 5.73 Å². The van der Waals surface area contributed by atoms with Crippen LogP contribution in [0.3, 0.4) is 0 Å². The Morgan fingerprint density at radius 1 is 1.06 bits per heavy atom. The highest BCUT2D eigenvalue weighted by Gasteiger charge is 2.08. The molecule has 3 N–H and O–H groups in total. The summed E-state index contributed by atoms with van der Waals surface area (Å²) < 4.78 is 0. The average Bonchev–Trinajstić information content (AvgIpc) is 2.29. The van der Waals surface area contributed by atoms with Gasteiger partial charge < -0.3 is 10.8 Å². The SMILES string of the molecule is CSc1ccccc1-c1ccc(N)cc1O. The first-order chi connectivity index (χ1) is 7.72. The number of nitrogens with two attached hydrogens (primary N) is 1. The van der Waals surface area contributed by atoms with Crippen molar-refractivity contribution in [1.29, 1.82) is 0 Å². The quantitative estimate of drug-likeness (QED) is 0.615. The summed E-state index contributed by atoms with van der Waals surface area (Å²) in [6.07, 6.45) is 2.02. The van der Waals surface area contributed by atoms with Gasteiger partial charge in [0.15, 0.2) is 0 Å². The molecule has 2 rings (SSSR count). The number of nitrogen functional groups attached to an aromatic ring is 1. The molecule has 0 radical (unpaired) electrons. The zero-order chi connectivity index (χ0) is 11.5. The number of anilines is 1. The summed E-state index contributed by atoms with van der Waals surface area (Å²) in [5.74, 6) is 0.224. The number of phenolic OH excluding ortho intramolecular Hbond substituents is 1. The van der Waals surface area contributed by atoms with Gasteiger partial charge in [0, 0.05) is 22.2 Å². The van der Waals surface area contributed by atoms with E-state index in [0.717, 1.165) is 16.0 Å². The molecule has 0 spiro atoms. The van der Waals surface area contributed by atoms with E-state index in [1.54, 1.807) is 23.9 Å². The fourth-order valence-corrected chi connectivity index (χ4v) is 2.26. The van der Waals surface area contributed by atoms with Crippen LogP contribution < -0.4 is 5.73 Å². The fraction of sp³-hybridized carbons (Fsp3) is 0.0769. The van der Waals surface area contributed by atoms with E-state index in [2.05, 4.69) is 0 Å². The largest absolute Gasteiger partial charge is 0.507 e. The molecule has 3 heteroatoms. The lowest BCUT2D eigenvalue weighted by molar-refractivity contribution is 0.477. The van der Waals surface area contributed by atoms with Gasteiger partial charge in [0.1, 0.15) is 5.75 Å². The van der Waals surface area contributed by atoms with Crippen molar-refractivity contribution >= 4 is 17.4 Å². The molecular weight excluding hydrogens is 218 g/mol. The molecule has 0 unspecified atom stereocenters. The highest BCUT2D eigenvalue weighted by molar-refractivity contribution is 7.98. The molecular formula is C13H13NOS. The van der Waals surface area contributed by atoms with Crippen LogP contribution in [-0.2, 0) is 0 Å². The Labute approximate surface area is 99.1 Å². The van der Waals surface area contributed by atoms with Crippen molar-refractivity contribution in [2.45, 2.75) is 4.90 Å². The van der Waals surface area contributed by atoms with Crippen LogP contribution in [0.1, 0.15) is 0 Å². The summed E-state index contributed by atoms with van der Waals surface area (Å²) >= 11 is 1.66. The maximum atomic E-state index is 9.88. The van der Waals surface area contributed by atoms with Gasteiger partial charge in [-0.1, -0.05) is 18.2 Å². The fourth-order valence-electron chi connectivity index (χ4n) is 1.64. The summed E-state index contributed by atoms with van der Waals surface area (Å²) in [6, 6.07) is 13.2. The first-order valence-electron chi connectivity index (χ1n) is 4.94. The van der Waals surface area contributed by atoms with Gasteiger partial charge in [-0.15, -0.1) is 11.8 Å². The molecule has 0 amide bonds. The van der Waals surface area contributed by atoms with Gasteiger partial charge in [-0.3, -0.25) is 0 Å². The van der Waals surface area contributed by atoms with E-state index in [-0.39, 0.29) is 5.75 Å². The molecule has 82 valence electrons. The van der Waals surface area contributed by atoms with Crippen LogP contribution in [0.15, 0.2) is 47.4 Å². The molecule has 2 nitrogen and oxygen atoms in total. The first-order valence-corrected chi connectivity index (χ1v) is 6.16. The van der Waals surface area contributed by atoms with Crippen LogP contribution in [0.25, 0.3) is 11.1 Å². The normalized spacial score (nSPS) is 10.3. The van der Waals surface area contributed by atoms with Crippen LogP contribution in [0, 0.1) is 0 Å². The molecule has 0 saturated heterocycles. The van der Waals surface area contributed by atoms with Gasteiger partial charge in [0.25, 0.3) is 0 Å². The Bertz CT molecular complexity index is 511. The van der Waals surface area contributed by atoms with Crippen molar-refractivity contribution in [3.63, 3.8) is 0 Å². The molecule has 2 aromatic carbocycles. The van der Waals surface area contributed by atoms with Crippen molar-refractivity contribution < 1.29 is 5.11 Å². The van der Waals surface area contributed by atoms with E-state index in [1.165, 1.54) is 0 Å². The lowest BCUT2D eigenvalue weighted by atomic mass is 10.0. The number of aromatic hydroxyl groups is 1. The second-order valence-electron chi connectivity index (χ2n) is 3.48. The van der Waals surface area contributed by atoms with Crippen molar-refractivity contribution in [3.05, 3.63) is 42.5 Å². The van der Waals surface area contributed by atoms with Crippen molar-refractivity contribution in [2.24, 2.45) is 0 Å². The summed E-state index contributed by atoms with van der Waals surface area (Å²) in [5.41, 5.74) is 8.04. The van der Waals surface area contributed by atoms with Gasteiger partial charge in [-0.2, -0.15) is 0 Å². The Morgan fingerprint density at radius 3 is 2.50 bits per heavy atom. The van der Waals surface area contributed by atoms with Crippen molar-refractivity contribution in [3.8, 4) is 16.9 Å². The van der Waals surface area contributed by atoms with Gasteiger partial charge in [-0.25, -0.2) is 0 Å². The Balaban J connectivity index is 2.58. The minimum atomic E-state index is 0.224. The predicted octanol–water partition coefficient (Wildman–Crippen LogP) is 3.36. The lowest BCUT2D eigenvalue weighted by Crippen LogP contribution is -1.87. The third-order valence-electron chi connectivity index (χ3n) is 2.42. The molecule has 0 fully saturated rings.